The summed E-state index contributed by atoms with van der Waals surface area (Å²) in [4.78, 5) is 25.5. The van der Waals surface area contributed by atoms with E-state index in [9.17, 15) is 27.2 Å². The molecule has 2 saturated heterocycles. The summed E-state index contributed by atoms with van der Waals surface area (Å²) < 4.78 is 71.6. The Balaban J connectivity index is 1.30. The average Bonchev–Trinajstić information content (AvgIpc) is 3.57. The number of alkyl halides is 4. The van der Waals surface area contributed by atoms with Crippen LogP contribution in [0.15, 0.2) is 42.5 Å². The number of fused-ring (bicyclic) bond motifs is 1. The smallest absolute Gasteiger partial charge is 0.495 e. The zero-order valence-corrected chi connectivity index (χ0v) is 24.7. The van der Waals surface area contributed by atoms with Gasteiger partial charge in [0, 0.05) is 29.7 Å². The molecule has 3 heterocycles. The number of carbonyl (C=O) groups is 2. The Bertz CT molecular complexity index is 1620. The summed E-state index contributed by atoms with van der Waals surface area (Å²) >= 11 is 0. The van der Waals surface area contributed by atoms with Crippen LogP contribution in [-0.4, -0.2) is 93.0 Å². The normalized spacial score (nSPS) is 20.1. The van der Waals surface area contributed by atoms with Gasteiger partial charge in [-0.25, -0.2) is 9.18 Å². The highest BCUT2D eigenvalue weighted by Gasteiger charge is 2.31. The van der Waals surface area contributed by atoms with Gasteiger partial charge in [0.15, 0.2) is 6.10 Å². The quantitative estimate of drug-likeness (QED) is 0.182. The lowest BCUT2D eigenvalue weighted by Gasteiger charge is -2.33. The molecular formula is C31H33F4N5O5. The topological polar surface area (TPSA) is 106 Å². The molecule has 2 fully saturated rings. The summed E-state index contributed by atoms with van der Waals surface area (Å²) in [5.74, 6) is 5.65. The fourth-order valence-electron chi connectivity index (χ4n) is 5.31. The number of ether oxygens (including phenoxy) is 3. The molecule has 2 aliphatic heterocycles. The van der Waals surface area contributed by atoms with Crippen LogP contribution in [0.5, 0.6) is 5.75 Å². The Hall–Kier alpha value is -4.64. The minimum Gasteiger partial charge on any atom is -0.495 e. The van der Waals surface area contributed by atoms with E-state index >= 15 is 0 Å². The summed E-state index contributed by atoms with van der Waals surface area (Å²) in [6, 6.07) is 10.8. The minimum absolute atomic E-state index is 0.0549. The van der Waals surface area contributed by atoms with Gasteiger partial charge >= 0.3 is 12.3 Å². The molecule has 1 amide bonds. The van der Waals surface area contributed by atoms with Crippen molar-refractivity contribution in [3.63, 3.8) is 0 Å². The van der Waals surface area contributed by atoms with Gasteiger partial charge in [0.2, 0.25) is 0 Å². The molecule has 10 nitrogen and oxygen atoms in total. The van der Waals surface area contributed by atoms with E-state index in [1.807, 2.05) is 11.9 Å². The number of halogens is 4. The van der Waals surface area contributed by atoms with Crippen molar-refractivity contribution in [3.8, 4) is 17.6 Å². The Kier molecular flexibility index (Phi) is 9.57. The highest BCUT2D eigenvalue weighted by Crippen LogP contribution is 2.32. The van der Waals surface area contributed by atoms with Crippen molar-refractivity contribution >= 4 is 34.3 Å². The van der Waals surface area contributed by atoms with Crippen molar-refractivity contribution in [3.05, 3.63) is 53.7 Å². The van der Waals surface area contributed by atoms with Crippen LogP contribution < -0.4 is 20.7 Å². The highest BCUT2D eigenvalue weighted by molar-refractivity contribution is 5.95. The van der Waals surface area contributed by atoms with Gasteiger partial charge in [-0.15, -0.1) is 0 Å². The number of nitrogens with one attached hydrogen (secondary N) is 3. The van der Waals surface area contributed by atoms with E-state index < -0.39 is 43.1 Å². The van der Waals surface area contributed by atoms with E-state index in [2.05, 4.69) is 27.8 Å². The van der Waals surface area contributed by atoms with Gasteiger partial charge in [0.25, 0.3) is 5.91 Å². The number of amides is 1. The number of cyclic esters (lactones) is 2. The predicted molar refractivity (Wildman–Crippen MR) is 159 cm³/mol. The number of methoxy groups -OCH3 is 1. The molecule has 0 radical (unpaired) electrons. The fraction of sp³-hybridized carbons (Fsp3) is 0.419. The van der Waals surface area contributed by atoms with Gasteiger partial charge in [-0.2, -0.15) is 13.2 Å². The molecule has 240 valence electrons. The molecular weight excluding hydrogens is 598 g/mol. The molecule has 3 atom stereocenters. The molecule has 2 aliphatic rings. The third-order valence-electron chi connectivity index (χ3n) is 7.56. The van der Waals surface area contributed by atoms with Crippen molar-refractivity contribution < 1.29 is 41.4 Å². The second-order valence-electron chi connectivity index (χ2n) is 10.9. The van der Waals surface area contributed by atoms with Crippen molar-refractivity contribution in [2.45, 2.75) is 37.5 Å². The molecule has 2 aromatic carbocycles. The largest absolute Gasteiger partial charge is 0.508 e. The van der Waals surface area contributed by atoms with E-state index in [1.54, 1.807) is 36.4 Å². The molecule has 0 spiro atoms. The van der Waals surface area contributed by atoms with Crippen LogP contribution in [0.4, 0.5) is 33.7 Å². The van der Waals surface area contributed by atoms with Crippen molar-refractivity contribution in [2.75, 3.05) is 57.6 Å². The molecule has 0 saturated carbocycles. The van der Waals surface area contributed by atoms with Gasteiger partial charge in [-0.3, -0.25) is 4.79 Å². The number of carbonyl (C=O) groups excluding carboxylic acids is 2. The zero-order chi connectivity index (χ0) is 32.1. The number of rotatable bonds is 9. The summed E-state index contributed by atoms with van der Waals surface area (Å²) in [6.07, 6.45) is -6.38. The van der Waals surface area contributed by atoms with Crippen LogP contribution in [0, 0.1) is 11.8 Å². The van der Waals surface area contributed by atoms with Crippen molar-refractivity contribution in [1.82, 2.24) is 14.8 Å². The van der Waals surface area contributed by atoms with Crippen LogP contribution >= 0.6 is 0 Å². The van der Waals surface area contributed by atoms with Crippen LogP contribution in [0.3, 0.4) is 0 Å². The average molecular weight is 632 g/mol. The Morgan fingerprint density at radius 3 is 2.71 bits per heavy atom. The summed E-state index contributed by atoms with van der Waals surface area (Å²) in [5, 5.41) is 9.47. The first kappa shape index (κ1) is 31.8. The van der Waals surface area contributed by atoms with Crippen molar-refractivity contribution in [2.24, 2.45) is 0 Å². The first-order valence-electron chi connectivity index (χ1n) is 14.3. The molecule has 45 heavy (non-hydrogen) atoms. The van der Waals surface area contributed by atoms with E-state index in [4.69, 9.17) is 14.2 Å². The number of aromatic nitrogens is 1. The molecule has 14 heteroatoms. The maximum absolute atomic E-state index is 14.7. The number of nitrogens with zero attached hydrogens (tertiary/aromatic N) is 2. The molecule has 0 bridgehead atoms. The zero-order valence-electron chi connectivity index (χ0n) is 24.7. The lowest BCUT2D eigenvalue weighted by Crippen LogP contribution is -2.46. The Morgan fingerprint density at radius 2 is 2.00 bits per heavy atom. The van der Waals surface area contributed by atoms with Gasteiger partial charge < -0.3 is 39.6 Å². The second kappa shape index (κ2) is 13.6. The molecule has 3 aromatic rings. The minimum atomic E-state index is -4.49. The third kappa shape index (κ3) is 7.91. The van der Waals surface area contributed by atoms with E-state index in [1.165, 1.54) is 13.2 Å². The first-order valence-corrected chi connectivity index (χ1v) is 14.3. The summed E-state index contributed by atoms with van der Waals surface area (Å²) in [6.45, 7) is -0.0406. The number of likely N-dealkylation sites (tertiary alicyclic amines) is 1. The first-order chi connectivity index (χ1) is 21.5. The molecule has 3 N–H and O–H groups in total. The molecule has 1 aromatic heterocycles. The van der Waals surface area contributed by atoms with Crippen LogP contribution in [0.2, 0.25) is 0 Å². The van der Waals surface area contributed by atoms with E-state index in [0.29, 0.717) is 46.6 Å². The summed E-state index contributed by atoms with van der Waals surface area (Å²) in [7, 11) is 3.28. The number of hydrogen-bond donors (Lipinski definition) is 3. The fourth-order valence-corrected chi connectivity index (χ4v) is 5.31. The van der Waals surface area contributed by atoms with E-state index in [0.717, 1.165) is 4.57 Å². The van der Waals surface area contributed by atoms with Gasteiger partial charge in [0.05, 0.1) is 43.1 Å². The summed E-state index contributed by atoms with van der Waals surface area (Å²) in [5.41, 5.74) is 1.87. The lowest BCUT2D eigenvalue weighted by molar-refractivity contribution is -0.140. The molecule has 5 rings (SSSR count). The number of benzene rings is 2. The third-order valence-corrected chi connectivity index (χ3v) is 7.56. The number of piperidine rings is 1. The SMILES string of the molecule is COc1cc(C(=O)NCC2COC(=O)O2)ccc1NCC#Cc1cc2c(N[C@@H]3CCN(C)C[C@@H]3F)cccc2n1CC(F)(F)F. The second-order valence-corrected chi connectivity index (χ2v) is 10.9. The van der Waals surface area contributed by atoms with Crippen LogP contribution in [0.25, 0.3) is 10.9 Å². The van der Waals surface area contributed by atoms with Gasteiger partial charge in [0.1, 0.15) is 25.1 Å². The standard InChI is InChI=1S/C31H33F4N5O5/c1-39-12-10-25(23(32)16-39)38-24-6-3-7-27-22(24)14-20(40(27)18-31(33,34)35)5-4-11-36-26-9-8-19(13-28(26)43-2)29(41)37-15-21-17-44-30(42)45-21/h3,6-9,13-14,21,23,25,36,38H,10-12,15-18H2,1-2H3,(H,37,41)/t21?,23-,25+/m0/s1. The number of hydrogen-bond acceptors (Lipinski definition) is 8. The Morgan fingerprint density at radius 1 is 1.18 bits per heavy atom. The lowest BCUT2D eigenvalue weighted by atomic mass is 10.0. The van der Waals surface area contributed by atoms with E-state index in [-0.39, 0.29) is 31.9 Å². The highest BCUT2D eigenvalue weighted by atomic mass is 19.4. The molecule has 0 aliphatic carbocycles. The molecule has 1 unspecified atom stereocenters. The maximum atomic E-state index is 14.7. The van der Waals surface area contributed by atoms with Gasteiger partial charge in [-0.05, 0) is 55.8 Å². The van der Waals surface area contributed by atoms with Crippen molar-refractivity contribution in [1.29, 1.82) is 0 Å². The monoisotopic (exact) mass is 631 g/mol. The number of anilines is 2. The van der Waals surface area contributed by atoms with Gasteiger partial charge in [-0.1, -0.05) is 12.0 Å². The predicted octanol–water partition coefficient (Wildman–Crippen LogP) is 4.40. The van der Waals surface area contributed by atoms with Crippen LogP contribution in [-0.2, 0) is 16.0 Å². The Labute approximate surface area is 257 Å². The maximum Gasteiger partial charge on any atom is 0.508 e. The van der Waals surface area contributed by atoms with Crippen LogP contribution in [0.1, 0.15) is 22.5 Å².